The van der Waals surface area contributed by atoms with Crippen LogP contribution < -0.4 is 4.74 Å². The Hall–Kier alpha value is -2.76. The third-order valence-electron chi connectivity index (χ3n) is 4.41. The van der Waals surface area contributed by atoms with Crippen molar-refractivity contribution >= 4 is 43.1 Å². The summed E-state index contributed by atoms with van der Waals surface area (Å²) in [6, 6.07) is 24.5. The molecular weight excluding hydrogens is 372 g/mol. The van der Waals surface area contributed by atoms with E-state index in [2.05, 4.69) is 25.1 Å². The molecule has 0 unspecified atom stereocenters. The average Bonchev–Trinajstić information content (AvgIpc) is 3.31. The zero-order valence-electron chi connectivity index (χ0n) is 14.6. The molecule has 0 amide bonds. The Morgan fingerprint density at radius 3 is 1.78 bits per heavy atom. The number of aromatic nitrogens is 2. The van der Waals surface area contributed by atoms with Crippen LogP contribution in [0.3, 0.4) is 0 Å². The second kappa shape index (κ2) is 6.76. The summed E-state index contributed by atoms with van der Waals surface area (Å²) in [4.78, 5) is 9.69. The van der Waals surface area contributed by atoms with E-state index in [1.807, 2.05) is 54.6 Å². The van der Waals surface area contributed by atoms with E-state index in [-0.39, 0.29) is 6.10 Å². The van der Waals surface area contributed by atoms with Gasteiger partial charge in [-0.1, -0.05) is 42.5 Å². The molecule has 0 spiro atoms. The molecule has 0 N–H and O–H groups in total. The molecule has 5 heteroatoms. The summed E-state index contributed by atoms with van der Waals surface area (Å²) in [6.45, 7) is 2.06. The fourth-order valence-electron chi connectivity index (χ4n) is 3.03. The topological polar surface area (TPSA) is 35.0 Å². The molecule has 5 aromatic rings. The van der Waals surface area contributed by atoms with Gasteiger partial charge >= 0.3 is 0 Å². The van der Waals surface area contributed by atoms with Crippen molar-refractivity contribution < 1.29 is 4.74 Å². The molecule has 0 aliphatic heterocycles. The molecule has 132 valence electrons. The first-order chi connectivity index (χ1) is 13.3. The molecule has 27 heavy (non-hydrogen) atoms. The summed E-state index contributed by atoms with van der Waals surface area (Å²) >= 11 is 3.33. The van der Waals surface area contributed by atoms with Gasteiger partial charge in [-0.3, -0.25) is 0 Å². The molecule has 0 saturated carbocycles. The van der Waals surface area contributed by atoms with Gasteiger partial charge in [-0.05, 0) is 42.8 Å². The lowest BCUT2D eigenvalue weighted by Crippen LogP contribution is -2.09. The van der Waals surface area contributed by atoms with Crippen LogP contribution in [0.1, 0.15) is 21.7 Å². The van der Waals surface area contributed by atoms with Crippen LogP contribution in [0, 0.1) is 6.92 Å². The van der Waals surface area contributed by atoms with E-state index in [1.54, 1.807) is 22.7 Å². The van der Waals surface area contributed by atoms with Crippen molar-refractivity contribution in [3.05, 3.63) is 88.4 Å². The van der Waals surface area contributed by atoms with Gasteiger partial charge < -0.3 is 4.74 Å². The Morgan fingerprint density at radius 1 is 0.704 bits per heavy atom. The van der Waals surface area contributed by atoms with Crippen LogP contribution in [-0.4, -0.2) is 9.97 Å². The van der Waals surface area contributed by atoms with Crippen molar-refractivity contribution in [3.63, 3.8) is 0 Å². The van der Waals surface area contributed by atoms with Gasteiger partial charge in [0.05, 0.1) is 20.4 Å². The van der Waals surface area contributed by atoms with E-state index in [0.29, 0.717) is 0 Å². The second-order valence-electron chi connectivity index (χ2n) is 6.30. The Bertz CT molecular complexity index is 1100. The summed E-state index contributed by atoms with van der Waals surface area (Å²) < 4.78 is 8.79. The number of nitrogens with zero attached hydrogens (tertiary/aromatic N) is 2. The zero-order valence-corrected chi connectivity index (χ0v) is 16.3. The quantitative estimate of drug-likeness (QED) is 0.358. The Balaban J connectivity index is 1.65. The van der Waals surface area contributed by atoms with Crippen molar-refractivity contribution in [1.82, 2.24) is 9.97 Å². The van der Waals surface area contributed by atoms with E-state index in [9.17, 15) is 0 Å². The van der Waals surface area contributed by atoms with Crippen molar-refractivity contribution in [3.8, 4) is 5.75 Å². The summed E-state index contributed by atoms with van der Waals surface area (Å²) in [5.74, 6) is 0.862. The number of benzene rings is 3. The smallest absolute Gasteiger partial charge is 0.201 e. The first kappa shape index (κ1) is 16.4. The van der Waals surface area contributed by atoms with Gasteiger partial charge in [-0.25, -0.2) is 9.97 Å². The highest BCUT2D eigenvalue weighted by Crippen LogP contribution is 2.37. The maximum absolute atomic E-state index is 6.47. The molecule has 0 bridgehead atoms. The van der Waals surface area contributed by atoms with Gasteiger partial charge in [0.2, 0.25) is 6.10 Å². The van der Waals surface area contributed by atoms with Crippen molar-refractivity contribution in [1.29, 1.82) is 0 Å². The normalized spacial score (nSPS) is 11.5. The van der Waals surface area contributed by atoms with Crippen LogP contribution in [0.15, 0.2) is 72.8 Å². The van der Waals surface area contributed by atoms with Crippen LogP contribution in [0.25, 0.3) is 20.4 Å². The SMILES string of the molecule is Cc1ccccc1OC(c1nc2ccccc2s1)c1nc2ccccc2s1. The van der Waals surface area contributed by atoms with Crippen LogP contribution in [-0.2, 0) is 0 Å². The highest BCUT2D eigenvalue weighted by atomic mass is 32.1. The molecule has 0 fully saturated rings. The summed E-state index contributed by atoms with van der Waals surface area (Å²) in [5.41, 5.74) is 3.10. The lowest BCUT2D eigenvalue weighted by atomic mass is 10.2. The minimum Gasteiger partial charge on any atom is -0.476 e. The third kappa shape index (κ3) is 3.09. The predicted octanol–water partition coefficient (Wildman–Crippen LogP) is 6.38. The molecule has 0 saturated heterocycles. The summed E-state index contributed by atoms with van der Waals surface area (Å²) in [6.07, 6.45) is -0.319. The van der Waals surface area contributed by atoms with Crippen molar-refractivity contribution in [2.24, 2.45) is 0 Å². The van der Waals surface area contributed by atoms with E-state index in [1.165, 1.54) is 0 Å². The number of ether oxygens (including phenoxy) is 1. The van der Waals surface area contributed by atoms with Crippen LogP contribution in [0.5, 0.6) is 5.75 Å². The number of rotatable bonds is 4. The molecule has 2 heterocycles. The molecule has 0 aliphatic carbocycles. The van der Waals surface area contributed by atoms with Crippen LogP contribution in [0.2, 0.25) is 0 Å². The maximum Gasteiger partial charge on any atom is 0.201 e. The van der Waals surface area contributed by atoms with E-state index in [0.717, 1.165) is 41.8 Å². The third-order valence-corrected chi connectivity index (χ3v) is 6.57. The van der Waals surface area contributed by atoms with Crippen LogP contribution in [0.4, 0.5) is 0 Å². The largest absolute Gasteiger partial charge is 0.476 e. The van der Waals surface area contributed by atoms with E-state index in [4.69, 9.17) is 14.7 Å². The van der Waals surface area contributed by atoms with E-state index < -0.39 is 0 Å². The maximum atomic E-state index is 6.47. The molecule has 0 radical (unpaired) electrons. The minimum absolute atomic E-state index is 0.319. The molecule has 2 aromatic heterocycles. The minimum atomic E-state index is -0.319. The first-order valence-corrected chi connectivity index (χ1v) is 10.3. The number of hydrogen-bond acceptors (Lipinski definition) is 5. The number of fused-ring (bicyclic) bond motifs is 2. The first-order valence-electron chi connectivity index (χ1n) is 8.71. The van der Waals surface area contributed by atoms with Crippen LogP contribution >= 0.6 is 22.7 Å². The molecule has 3 aromatic carbocycles. The molecule has 5 rings (SSSR count). The van der Waals surface area contributed by atoms with Gasteiger partial charge in [0.1, 0.15) is 15.8 Å². The number of hydrogen-bond donors (Lipinski definition) is 0. The molecule has 0 aliphatic rings. The summed E-state index contributed by atoms with van der Waals surface area (Å²) in [5, 5.41) is 1.86. The lowest BCUT2D eigenvalue weighted by molar-refractivity contribution is 0.245. The monoisotopic (exact) mass is 388 g/mol. The number of aryl methyl sites for hydroxylation is 1. The second-order valence-corrected chi connectivity index (χ2v) is 8.43. The van der Waals surface area contributed by atoms with Crippen molar-refractivity contribution in [2.75, 3.05) is 0 Å². The fraction of sp³-hybridized carbons (Fsp3) is 0.0909. The number of para-hydroxylation sites is 3. The number of thiazole rings is 2. The van der Waals surface area contributed by atoms with Gasteiger partial charge in [0.15, 0.2) is 0 Å². The average molecular weight is 389 g/mol. The predicted molar refractivity (Wildman–Crippen MR) is 113 cm³/mol. The van der Waals surface area contributed by atoms with Gasteiger partial charge in [-0.2, -0.15) is 0 Å². The lowest BCUT2D eigenvalue weighted by Gasteiger charge is -2.16. The molecule has 0 atom stereocenters. The fourth-order valence-corrected chi connectivity index (χ4v) is 5.10. The highest BCUT2D eigenvalue weighted by Gasteiger charge is 2.25. The summed E-state index contributed by atoms with van der Waals surface area (Å²) in [7, 11) is 0. The van der Waals surface area contributed by atoms with Gasteiger partial charge in [-0.15, -0.1) is 22.7 Å². The van der Waals surface area contributed by atoms with Gasteiger partial charge in [0, 0.05) is 0 Å². The van der Waals surface area contributed by atoms with E-state index >= 15 is 0 Å². The highest BCUT2D eigenvalue weighted by molar-refractivity contribution is 7.20. The Labute approximate surface area is 164 Å². The molecular formula is C22H16N2OS2. The molecule has 3 nitrogen and oxygen atoms in total. The van der Waals surface area contributed by atoms with Gasteiger partial charge in [0.25, 0.3) is 0 Å². The zero-order chi connectivity index (χ0) is 18.2. The standard InChI is InChI=1S/C22H16N2OS2/c1-14-8-2-5-11-17(14)25-20(21-23-15-9-3-6-12-18(15)26-21)22-24-16-10-4-7-13-19(16)27-22/h2-13,20H,1H3. The Kier molecular flexibility index (Phi) is 4.11. The van der Waals surface area contributed by atoms with Crippen molar-refractivity contribution in [2.45, 2.75) is 13.0 Å². The Morgan fingerprint density at radius 2 is 1.22 bits per heavy atom.